The Hall–Kier alpha value is -2.29. The molecule has 2 aromatic rings. The number of halogens is 3. The van der Waals surface area contributed by atoms with Crippen molar-refractivity contribution in [2.24, 2.45) is 0 Å². The summed E-state index contributed by atoms with van der Waals surface area (Å²) in [7, 11) is 0. The van der Waals surface area contributed by atoms with E-state index in [0.717, 1.165) is 18.1 Å². The molecule has 1 aliphatic heterocycles. The molecule has 0 saturated carbocycles. The number of hydrogen-bond donors (Lipinski definition) is 0. The van der Waals surface area contributed by atoms with Crippen molar-refractivity contribution in [1.29, 1.82) is 0 Å². The molecule has 5 nitrogen and oxygen atoms in total. The molecule has 1 atom stereocenters. The average molecular weight is 428 g/mol. The molecule has 1 unspecified atom stereocenters. The first-order chi connectivity index (χ1) is 13.6. The van der Waals surface area contributed by atoms with Gasteiger partial charge in [-0.2, -0.15) is 13.2 Å². The topological polar surface area (TPSA) is 75.7 Å². The largest absolute Gasteiger partial charge is 1.00 e. The maximum atomic E-state index is 13.4. The number of Topliss-reactive ketones (excluding diaryl/α,β-unsaturated/α-hetero) is 1. The van der Waals surface area contributed by atoms with E-state index in [1.54, 1.807) is 12.1 Å². The SMILES string of the molecule is CCc1ccc(Oc2ccc3c(c2C)OC(C(F)(F)F)C(C(=O)C(=O)[O-])=C3)cc1.[Na+]. The first-order valence-corrected chi connectivity index (χ1v) is 8.72. The van der Waals surface area contributed by atoms with Crippen LogP contribution in [0.4, 0.5) is 13.2 Å². The van der Waals surface area contributed by atoms with Crippen LogP contribution in [0.5, 0.6) is 17.2 Å². The third-order valence-corrected chi connectivity index (χ3v) is 4.52. The van der Waals surface area contributed by atoms with Gasteiger partial charge in [0.2, 0.25) is 11.9 Å². The van der Waals surface area contributed by atoms with E-state index in [1.165, 1.54) is 19.1 Å². The molecule has 0 bridgehead atoms. The minimum atomic E-state index is -4.99. The van der Waals surface area contributed by atoms with Gasteiger partial charge in [0.25, 0.3) is 0 Å². The number of rotatable bonds is 5. The van der Waals surface area contributed by atoms with Crippen LogP contribution in [0.3, 0.4) is 0 Å². The molecule has 0 saturated heterocycles. The Morgan fingerprint density at radius 1 is 1.13 bits per heavy atom. The molecule has 2 aromatic carbocycles. The van der Waals surface area contributed by atoms with Crippen molar-refractivity contribution in [3.8, 4) is 17.2 Å². The van der Waals surface area contributed by atoms with Gasteiger partial charge in [-0.1, -0.05) is 19.1 Å². The molecule has 0 fully saturated rings. The second kappa shape index (κ2) is 9.24. The molecule has 0 aromatic heterocycles. The first kappa shape index (κ1) is 24.0. The number of ketones is 1. The van der Waals surface area contributed by atoms with Crippen LogP contribution in [-0.4, -0.2) is 24.0 Å². The van der Waals surface area contributed by atoms with Crippen molar-refractivity contribution in [2.45, 2.75) is 32.5 Å². The number of hydrogen-bond acceptors (Lipinski definition) is 5. The van der Waals surface area contributed by atoms with Gasteiger partial charge in [0, 0.05) is 11.1 Å². The second-order valence-electron chi connectivity index (χ2n) is 6.46. The Morgan fingerprint density at radius 3 is 2.30 bits per heavy atom. The fourth-order valence-electron chi connectivity index (χ4n) is 2.97. The van der Waals surface area contributed by atoms with Crippen molar-refractivity contribution in [3.05, 3.63) is 58.7 Å². The normalized spacial score (nSPS) is 15.2. The summed E-state index contributed by atoms with van der Waals surface area (Å²) in [4.78, 5) is 22.5. The van der Waals surface area contributed by atoms with E-state index in [2.05, 4.69) is 0 Å². The predicted molar refractivity (Wildman–Crippen MR) is 95.5 cm³/mol. The fourth-order valence-corrected chi connectivity index (χ4v) is 2.97. The standard InChI is InChI=1S/C21H17F3O5.Na/c1-3-12-4-7-14(8-5-12)28-16-9-6-13-10-15(17(25)20(26)27)19(21(22,23)24)29-18(13)11(16)2;/h4-10,19H,3H2,1-2H3,(H,26,27);/q;+1/p-1. The second-order valence-corrected chi connectivity index (χ2v) is 6.46. The number of carboxylic acid groups (broad SMARTS) is 1. The van der Waals surface area contributed by atoms with Gasteiger partial charge in [0.15, 0.2) is 0 Å². The van der Waals surface area contributed by atoms with Crippen LogP contribution < -0.4 is 44.1 Å². The van der Waals surface area contributed by atoms with E-state index >= 15 is 0 Å². The predicted octanol–water partition coefficient (Wildman–Crippen LogP) is 0.379. The van der Waals surface area contributed by atoms with Gasteiger partial charge in [0.1, 0.15) is 23.2 Å². The van der Waals surface area contributed by atoms with Crippen LogP contribution in [0.2, 0.25) is 0 Å². The van der Waals surface area contributed by atoms with Crippen molar-refractivity contribution in [1.82, 2.24) is 0 Å². The number of ether oxygens (including phenoxy) is 2. The zero-order valence-electron chi connectivity index (χ0n) is 16.5. The quantitative estimate of drug-likeness (QED) is 0.509. The Balaban J connectivity index is 0.00000320. The van der Waals surface area contributed by atoms with Gasteiger partial charge < -0.3 is 19.4 Å². The average Bonchev–Trinajstić information content (AvgIpc) is 2.68. The van der Waals surface area contributed by atoms with Crippen molar-refractivity contribution in [3.63, 3.8) is 0 Å². The molecule has 1 aliphatic rings. The summed E-state index contributed by atoms with van der Waals surface area (Å²) in [5.41, 5.74) is 0.494. The first-order valence-electron chi connectivity index (χ1n) is 8.72. The smallest absolute Gasteiger partial charge is 0.541 e. The summed E-state index contributed by atoms with van der Waals surface area (Å²) >= 11 is 0. The van der Waals surface area contributed by atoms with Crippen molar-refractivity contribution >= 4 is 17.8 Å². The van der Waals surface area contributed by atoms with Crippen LogP contribution >= 0.6 is 0 Å². The summed E-state index contributed by atoms with van der Waals surface area (Å²) < 4.78 is 51.0. The van der Waals surface area contributed by atoms with Crippen LogP contribution in [0.15, 0.2) is 42.0 Å². The number of fused-ring (bicyclic) bond motifs is 1. The Morgan fingerprint density at radius 2 is 1.77 bits per heavy atom. The van der Waals surface area contributed by atoms with Crippen molar-refractivity contribution < 1.29 is 66.9 Å². The number of carbonyl (C=O) groups excluding carboxylic acids is 2. The van der Waals surface area contributed by atoms with E-state index in [4.69, 9.17) is 9.47 Å². The van der Waals surface area contributed by atoms with Gasteiger partial charge in [-0.05, 0) is 49.2 Å². The summed E-state index contributed by atoms with van der Waals surface area (Å²) in [5.74, 6) is -3.37. The molecule has 0 N–H and O–H groups in total. The number of carboxylic acids is 1. The zero-order chi connectivity index (χ0) is 21.3. The van der Waals surface area contributed by atoms with E-state index < -0.39 is 29.6 Å². The molecule has 0 aliphatic carbocycles. The number of alkyl halides is 3. The van der Waals surface area contributed by atoms with Gasteiger partial charge in [-0.25, -0.2) is 0 Å². The molecule has 9 heteroatoms. The molecule has 152 valence electrons. The molecule has 0 amide bonds. The zero-order valence-corrected chi connectivity index (χ0v) is 18.5. The number of carbonyl (C=O) groups is 2. The van der Waals surface area contributed by atoms with Crippen LogP contribution in [0, 0.1) is 6.92 Å². The van der Waals surface area contributed by atoms with Gasteiger partial charge in [0.05, 0.1) is 5.57 Å². The Labute approximate surface area is 192 Å². The van der Waals surface area contributed by atoms with Gasteiger partial charge in [-0.3, -0.25) is 4.79 Å². The molecular formula is C21H16F3NaO5. The third kappa shape index (κ3) is 4.88. The molecule has 30 heavy (non-hydrogen) atoms. The molecule has 0 spiro atoms. The maximum Gasteiger partial charge on any atom is 1.00 e. The fraction of sp³-hybridized carbons (Fsp3) is 0.238. The minimum Gasteiger partial charge on any atom is -0.541 e. The van der Waals surface area contributed by atoms with E-state index in [9.17, 15) is 27.9 Å². The third-order valence-electron chi connectivity index (χ3n) is 4.52. The van der Waals surface area contributed by atoms with Gasteiger partial charge >= 0.3 is 35.7 Å². The Kier molecular flexibility index (Phi) is 7.39. The van der Waals surface area contributed by atoms with Crippen LogP contribution in [0.1, 0.15) is 23.6 Å². The summed E-state index contributed by atoms with van der Waals surface area (Å²) in [5, 5.41) is 10.8. The maximum absolute atomic E-state index is 13.4. The van der Waals surface area contributed by atoms with Crippen molar-refractivity contribution in [2.75, 3.05) is 0 Å². The van der Waals surface area contributed by atoms with E-state index in [-0.39, 0.29) is 52.2 Å². The summed E-state index contributed by atoms with van der Waals surface area (Å²) in [6, 6.07) is 10.1. The van der Waals surface area contributed by atoms with Crippen LogP contribution in [-0.2, 0) is 16.0 Å². The number of aliphatic carboxylic acids is 1. The minimum absolute atomic E-state index is 0. The molecular weight excluding hydrogens is 412 g/mol. The number of aryl methyl sites for hydroxylation is 1. The monoisotopic (exact) mass is 428 g/mol. The summed E-state index contributed by atoms with van der Waals surface area (Å²) in [6.45, 7) is 3.52. The Bertz CT molecular complexity index is 997. The van der Waals surface area contributed by atoms with E-state index in [0.29, 0.717) is 5.75 Å². The van der Waals surface area contributed by atoms with E-state index in [1.807, 2.05) is 19.1 Å². The number of benzene rings is 2. The molecule has 3 rings (SSSR count). The molecule has 0 radical (unpaired) electrons. The molecule has 1 heterocycles. The van der Waals surface area contributed by atoms with Crippen LogP contribution in [0.25, 0.3) is 6.08 Å². The summed E-state index contributed by atoms with van der Waals surface area (Å²) in [6.07, 6.45) is -5.99. The van der Waals surface area contributed by atoms with Gasteiger partial charge in [-0.15, -0.1) is 0 Å².